The van der Waals surface area contributed by atoms with Crippen molar-refractivity contribution >= 4 is 29.4 Å². The Morgan fingerprint density at radius 3 is 2.77 bits per heavy atom. The second-order valence-electron chi connectivity index (χ2n) is 6.10. The summed E-state index contributed by atoms with van der Waals surface area (Å²) in [7, 11) is 1.66. The first-order valence-electron chi connectivity index (χ1n) is 7.97. The minimum absolute atomic E-state index is 0.0444. The number of furan rings is 1. The fourth-order valence-corrected chi connectivity index (χ4v) is 3.34. The van der Waals surface area contributed by atoms with Gasteiger partial charge in [-0.1, -0.05) is 23.7 Å². The van der Waals surface area contributed by atoms with Gasteiger partial charge in [0.1, 0.15) is 5.76 Å². The summed E-state index contributed by atoms with van der Waals surface area (Å²) in [5, 5.41) is 12.1. The van der Waals surface area contributed by atoms with Gasteiger partial charge in [-0.2, -0.15) is 0 Å². The second-order valence-corrected chi connectivity index (χ2v) is 6.54. The Morgan fingerprint density at radius 1 is 1.35 bits per heavy atom. The summed E-state index contributed by atoms with van der Waals surface area (Å²) in [6, 6.07) is 9.49. The van der Waals surface area contributed by atoms with Crippen LogP contribution in [0.15, 0.2) is 40.8 Å². The molecule has 0 spiro atoms. The summed E-state index contributed by atoms with van der Waals surface area (Å²) in [6.07, 6.45) is 0.0953. The van der Waals surface area contributed by atoms with E-state index in [1.54, 1.807) is 30.1 Å². The van der Waals surface area contributed by atoms with Crippen molar-refractivity contribution in [2.45, 2.75) is 19.0 Å². The van der Waals surface area contributed by atoms with Gasteiger partial charge in [0, 0.05) is 18.5 Å². The van der Waals surface area contributed by atoms with Gasteiger partial charge in [0.2, 0.25) is 17.6 Å². The average molecular weight is 377 g/mol. The number of benzene rings is 1. The van der Waals surface area contributed by atoms with Crippen LogP contribution in [0.3, 0.4) is 0 Å². The van der Waals surface area contributed by atoms with Gasteiger partial charge in [-0.25, -0.2) is 4.79 Å². The van der Waals surface area contributed by atoms with E-state index in [2.05, 4.69) is 5.32 Å². The molecule has 1 aromatic carbocycles. The summed E-state index contributed by atoms with van der Waals surface area (Å²) >= 11 is 6.04. The summed E-state index contributed by atoms with van der Waals surface area (Å²) in [5.41, 5.74) is 0.789. The highest BCUT2D eigenvalue weighted by Gasteiger charge is 2.42. The maximum Gasteiger partial charge on any atom is 0.371 e. The number of carbonyl (C=O) groups excluding carboxylic acids is 2. The van der Waals surface area contributed by atoms with Gasteiger partial charge in [-0.15, -0.1) is 0 Å². The zero-order valence-corrected chi connectivity index (χ0v) is 14.7. The van der Waals surface area contributed by atoms with Crippen molar-refractivity contribution in [3.8, 4) is 0 Å². The number of aromatic carboxylic acids is 1. The molecule has 0 aliphatic carbocycles. The minimum Gasteiger partial charge on any atom is -0.475 e. The van der Waals surface area contributed by atoms with Crippen molar-refractivity contribution in [1.29, 1.82) is 0 Å². The summed E-state index contributed by atoms with van der Waals surface area (Å²) in [5.74, 6) is -2.04. The normalized spacial score (nSPS) is 19.6. The van der Waals surface area contributed by atoms with Crippen molar-refractivity contribution in [2.75, 3.05) is 7.05 Å². The van der Waals surface area contributed by atoms with Gasteiger partial charge in [0.15, 0.2) is 0 Å². The fraction of sp³-hybridized carbons (Fsp3) is 0.278. The number of carboxylic acids is 1. The van der Waals surface area contributed by atoms with E-state index in [9.17, 15) is 14.4 Å². The van der Waals surface area contributed by atoms with Crippen LogP contribution in [0.4, 0.5) is 0 Å². The monoisotopic (exact) mass is 376 g/mol. The number of carboxylic acid groups (broad SMARTS) is 1. The Labute approximate surface area is 154 Å². The molecule has 0 bridgehead atoms. The molecule has 1 saturated heterocycles. The summed E-state index contributed by atoms with van der Waals surface area (Å²) < 4.78 is 5.12. The van der Waals surface area contributed by atoms with Gasteiger partial charge < -0.3 is 19.7 Å². The number of likely N-dealkylation sites (tertiary alicyclic amines) is 1. The standard InChI is InChI=1S/C18H17ClN2O5/c1-21-15(22)8-13(16(21)10-3-2-4-11(19)7-10)17(23)20-9-12-5-6-14(26-12)18(24)25/h2-7,13,16H,8-9H2,1H3,(H,20,23)(H,24,25)/t13-,16-/m1/s1. The molecular weight excluding hydrogens is 360 g/mol. The van der Waals surface area contributed by atoms with Crippen LogP contribution in [0.25, 0.3) is 0 Å². The van der Waals surface area contributed by atoms with E-state index in [4.69, 9.17) is 21.1 Å². The van der Waals surface area contributed by atoms with Crippen LogP contribution in [-0.2, 0) is 16.1 Å². The first-order chi connectivity index (χ1) is 12.4. The molecule has 7 nitrogen and oxygen atoms in total. The number of nitrogens with zero attached hydrogens (tertiary/aromatic N) is 1. The molecule has 0 radical (unpaired) electrons. The molecule has 0 saturated carbocycles. The first-order valence-corrected chi connectivity index (χ1v) is 8.35. The molecule has 136 valence electrons. The van der Waals surface area contributed by atoms with E-state index in [0.717, 1.165) is 5.56 Å². The van der Waals surface area contributed by atoms with Crippen LogP contribution >= 0.6 is 11.6 Å². The Kier molecular flexibility index (Phi) is 4.99. The molecule has 2 atom stereocenters. The third kappa shape index (κ3) is 3.57. The molecule has 2 amide bonds. The van der Waals surface area contributed by atoms with E-state index in [-0.39, 0.29) is 30.5 Å². The molecular formula is C18H17ClN2O5. The molecule has 0 unspecified atom stereocenters. The summed E-state index contributed by atoms with van der Waals surface area (Å²) in [4.78, 5) is 37.2. The van der Waals surface area contributed by atoms with Gasteiger partial charge >= 0.3 is 5.97 Å². The number of carbonyl (C=O) groups is 3. The van der Waals surface area contributed by atoms with Gasteiger partial charge in [0.05, 0.1) is 18.5 Å². The molecule has 2 aromatic rings. The third-order valence-electron chi connectivity index (χ3n) is 4.42. The Hall–Kier alpha value is -2.80. The van der Waals surface area contributed by atoms with Crippen molar-refractivity contribution in [1.82, 2.24) is 10.2 Å². The molecule has 2 N–H and O–H groups in total. The van der Waals surface area contributed by atoms with E-state index < -0.39 is 17.9 Å². The molecule has 1 aliphatic rings. The number of hydrogen-bond donors (Lipinski definition) is 2. The second kappa shape index (κ2) is 7.21. The molecule has 26 heavy (non-hydrogen) atoms. The highest BCUT2D eigenvalue weighted by molar-refractivity contribution is 6.30. The SMILES string of the molecule is CN1C(=O)C[C@@H](C(=O)NCc2ccc(C(=O)O)o2)[C@H]1c1cccc(Cl)c1. The number of amides is 2. The number of nitrogens with one attached hydrogen (secondary N) is 1. The molecule has 8 heteroatoms. The van der Waals surface area contributed by atoms with Crippen molar-refractivity contribution < 1.29 is 23.9 Å². The van der Waals surface area contributed by atoms with Gasteiger partial charge in [0.25, 0.3) is 0 Å². The lowest BCUT2D eigenvalue weighted by Crippen LogP contribution is -2.34. The van der Waals surface area contributed by atoms with E-state index >= 15 is 0 Å². The number of halogens is 1. The predicted octanol–water partition coefficient (Wildman–Crippen LogP) is 2.47. The maximum absolute atomic E-state index is 12.6. The van der Waals surface area contributed by atoms with E-state index in [1.165, 1.54) is 12.1 Å². The van der Waals surface area contributed by atoms with Crippen LogP contribution in [0.1, 0.15) is 34.3 Å². The van der Waals surface area contributed by atoms with Gasteiger partial charge in [-0.3, -0.25) is 9.59 Å². The smallest absolute Gasteiger partial charge is 0.371 e. The lowest BCUT2D eigenvalue weighted by Gasteiger charge is -2.25. The van der Waals surface area contributed by atoms with Crippen molar-refractivity contribution in [3.63, 3.8) is 0 Å². The topological polar surface area (TPSA) is 99.9 Å². The van der Waals surface area contributed by atoms with Crippen LogP contribution in [0, 0.1) is 5.92 Å². The lowest BCUT2D eigenvalue weighted by molar-refractivity contribution is -0.128. The van der Waals surface area contributed by atoms with E-state index in [1.807, 2.05) is 6.07 Å². The minimum atomic E-state index is -1.17. The average Bonchev–Trinajstić information content (AvgIpc) is 3.18. The highest BCUT2D eigenvalue weighted by Crippen LogP contribution is 2.37. The first kappa shape index (κ1) is 18.0. The maximum atomic E-state index is 12.6. The lowest BCUT2D eigenvalue weighted by atomic mass is 9.93. The number of rotatable bonds is 5. The quantitative estimate of drug-likeness (QED) is 0.835. The highest BCUT2D eigenvalue weighted by atomic mass is 35.5. The fourth-order valence-electron chi connectivity index (χ4n) is 3.14. The van der Waals surface area contributed by atoms with Crippen LogP contribution < -0.4 is 5.32 Å². The Balaban J connectivity index is 1.73. The van der Waals surface area contributed by atoms with Crippen LogP contribution in [0.2, 0.25) is 5.02 Å². The van der Waals surface area contributed by atoms with Crippen molar-refractivity contribution in [2.24, 2.45) is 5.92 Å². The zero-order valence-electron chi connectivity index (χ0n) is 13.9. The molecule has 3 rings (SSSR count). The van der Waals surface area contributed by atoms with E-state index in [0.29, 0.717) is 10.8 Å². The number of hydrogen-bond acceptors (Lipinski definition) is 4. The molecule has 1 fully saturated rings. The molecule has 1 aliphatic heterocycles. The zero-order chi connectivity index (χ0) is 18.8. The molecule has 2 heterocycles. The predicted molar refractivity (Wildman–Crippen MR) is 92.6 cm³/mol. The van der Waals surface area contributed by atoms with Gasteiger partial charge in [-0.05, 0) is 29.8 Å². The van der Waals surface area contributed by atoms with Crippen LogP contribution in [-0.4, -0.2) is 34.8 Å². The molecule has 1 aromatic heterocycles. The Bertz CT molecular complexity index is 863. The third-order valence-corrected chi connectivity index (χ3v) is 4.66. The van der Waals surface area contributed by atoms with Crippen molar-refractivity contribution in [3.05, 3.63) is 58.5 Å². The van der Waals surface area contributed by atoms with Crippen LogP contribution in [0.5, 0.6) is 0 Å². The Morgan fingerprint density at radius 2 is 2.12 bits per heavy atom. The summed E-state index contributed by atoms with van der Waals surface area (Å²) in [6.45, 7) is 0.0444. The largest absolute Gasteiger partial charge is 0.475 e.